The van der Waals surface area contributed by atoms with Crippen LogP contribution in [0.15, 0.2) is 47.6 Å². The summed E-state index contributed by atoms with van der Waals surface area (Å²) in [5, 5.41) is 14.1. The van der Waals surface area contributed by atoms with Gasteiger partial charge in [0.15, 0.2) is 11.5 Å². The van der Waals surface area contributed by atoms with E-state index in [0.717, 1.165) is 11.3 Å². The van der Waals surface area contributed by atoms with Gasteiger partial charge in [0.25, 0.3) is 0 Å². The molecule has 0 aliphatic rings. The summed E-state index contributed by atoms with van der Waals surface area (Å²) in [6, 6.07) is 12.8. The highest BCUT2D eigenvalue weighted by atomic mass is 16.5. The Balaban J connectivity index is 2.04. The topological polar surface area (TPSA) is 63.1 Å². The second-order valence-corrected chi connectivity index (χ2v) is 4.74. The first-order valence-electron chi connectivity index (χ1n) is 6.92. The molecule has 116 valence electrons. The third kappa shape index (κ3) is 3.69. The number of nitrogens with one attached hydrogen (secondary N) is 1. The molecule has 0 unspecified atom stereocenters. The molecule has 22 heavy (non-hydrogen) atoms. The SMILES string of the molecule is COc1ccc(CN/N=C(/C)c2ccccc2O)cc1OC. The molecule has 2 aromatic rings. The smallest absolute Gasteiger partial charge is 0.161 e. The zero-order valence-electron chi connectivity index (χ0n) is 13.0. The molecule has 0 radical (unpaired) electrons. The summed E-state index contributed by atoms with van der Waals surface area (Å²) in [6.45, 7) is 2.39. The Morgan fingerprint density at radius 2 is 1.82 bits per heavy atom. The summed E-state index contributed by atoms with van der Waals surface area (Å²) < 4.78 is 10.5. The highest BCUT2D eigenvalue weighted by molar-refractivity contribution is 6.00. The van der Waals surface area contributed by atoms with Crippen molar-refractivity contribution in [2.75, 3.05) is 14.2 Å². The molecule has 0 fully saturated rings. The number of para-hydroxylation sites is 1. The van der Waals surface area contributed by atoms with Crippen LogP contribution in [-0.2, 0) is 6.54 Å². The number of hydrogen-bond acceptors (Lipinski definition) is 5. The number of phenols is 1. The fraction of sp³-hybridized carbons (Fsp3) is 0.235. The Bertz CT molecular complexity index is 669. The predicted octanol–water partition coefficient (Wildman–Crippen LogP) is 2.92. The van der Waals surface area contributed by atoms with Crippen molar-refractivity contribution in [2.24, 2.45) is 5.10 Å². The van der Waals surface area contributed by atoms with Crippen LogP contribution in [0.3, 0.4) is 0 Å². The van der Waals surface area contributed by atoms with E-state index in [-0.39, 0.29) is 5.75 Å². The third-order valence-corrected chi connectivity index (χ3v) is 3.27. The van der Waals surface area contributed by atoms with Crippen LogP contribution in [-0.4, -0.2) is 25.0 Å². The molecule has 2 rings (SSSR count). The van der Waals surface area contributed by atoms with Crippen molar-refractivity contribution < 1.29 is 14.6 Å². The lowest BCUT2D eigenvalue weighted by Crippen LogP contribution is -2.09. The second kappa shape index (κ2) is 7.36. The summed E-state index contributed by atoms with van der Waals surface area (Å²) in [6.07, 6.45) is 0. The van der Waals surface area contributed by atoms with Crippen molar-refractivity contribution in [3.8, 4) is 17.2 Å². The van der Waals surface area contributed by atoms with Crippen LogP contribution < -0.4 is 14.9 Å². The van der Waals surface area contributed by atoms with Gasteiger partial charge >= 0.3 is 0 Å². The summed E-state index contributed by atoms with van der Waals surface area (Å²) >= 11 is 0. The van der Waals surface area contributed by atoms with Gasteiger partial charge in [-0.1, -0.05) is 18.2 Å². The number of ether oxygens (including phenoxy) is 2. The van der Waals surface area contributed by atoms with E-state index in [1.807, 2.05) is 37.3 Å². The normalized spacial score (nSPS) is 11.1. The van der Waals surface area contributed by atoms with Gasteiger partial charge in [-0.3, -0.25) is 0 Å². The molecule has 0 amide bonds. The molecule has 5 heteroatoms. The minimum absolute atomic E-state index is 0.219. The van der Waals surface area contributed by atoms with Gasteiger partial charge < -0.3 is 20.0 Å². The zero-order chi connectivity index (χ0) is 15.9. The molecule has 0 aliphatic carbocycles. The van der Waals surface area contributed by atoms with Crippen LogP contribution in [0.4, 0.5) is 0 Å². The van der Waals surface area contributed by atoms with E-state index in [1.165, 1.54) is 0 Å². The molecule has 0 aromatic heterocycles. The number of rotatable bonds is 6. The van der Waals surface area contributed by atoms with Gasteiger partial charge in [-0.15, -0.1) is 0 Å². The maximum atomic E-state index is 9.78. The monoisotopic (exact) mass is 300 g/mol. The van der Waals surface area contributed by atoms with Crippen LogP contribution in [0.5, 0.6) is 17.2 Å². The van der Waals surface area contributed by atoms with Crippen LogP contribution in [0.2, 0.25) is 0 Å². The highest BCUT2D eigenvalue weighted by Gasteiger charge is 2.05. The van der Waals surface area contributed by atoms with E-state index in [1.54, 1.807) is 26.4 Å². The Kier molecular flexibility index (Phi) is 5.25. The van der Waals surface area contributed by atoms with Gasteiger partial charge in [0.2, 0.25) is 0 Å². The number of aromatic hydroxyl groups is 1. The summed E-state index contributed by atoms with van der Waals surface area (Å²) in [5.41, 5.74) is 5.45. The lowest BCUT2D eigenvalue weighted by atomic mass is 10.1. The summed E-state index contributed by atoms with van der Waals surface area (Å²) in [5.74, 6) is 1.60. The van der Waals surface area contributed by atoms with Crippen molar-refractivity contribution in [1.29, 1.82) is 0 Å². The molecular weight excluding hydrogens is 280 g/mol. The molecular formula is C17H20N2O3. The largest absolute Gasteiger partial charge is 0.507 e. The maximum absolute atomic E-state index is 9.78. The minimum atomic E-state index is 0.219. The van der Waals surface area contributed by atoms with E-state index in [9.17, 15) is 5.11 Å². The minimum Gasteiger partial charge on any atom is -0.507 e. The van der Waals surface area contributed by atoms with Gasteiger partial charge in [-0.2, -0.15) is 5.10 Å². The molecule has 0 spiro atoms. The van der Waals surface area contributed by atoms with Gasteiger partial charge in [0.1, 0.15) is 5.75 Å². The van der Waals surface area contributed by atoms with Crippen molar-refractivity contribution >= 4 is 5.71 Å². The Hall–Kier alpha value is -2.69. The lowest BCUT2D eigenvalue weighted by Gasteiger charge is -2.10. The highest BCUT2D eigenvalue weighted by Crippen LogP contribution is 2.27. The molecule has 0 bridgehead atoms. The van der Waals surface area contributed by atoms with Crippen LogP contribution >= 0.6 is 0 Å². The maximum Gasteiger partial charge on any atom is 0.161 e. The van der Waals surface area contributed by atoms with Crippen LogP contribution in [0.25, 0.3) is 0 Å². The average Bonchev–Trinajstić information content (AvgIpc) is 2.55. The molecule has 0 heterocycles. The van der Waals surface area contributed by atoms with Crippen LogP contribution in [0.1, 0.15) is 18.1 Å². The van der Waals surface area contributed by atoms with Crippen molar-refractivity contribution in [3.63, 3.8) is 0 Å². The summed E-state index contributed by atoms with van der Waals surface area (Å²) in [4.78, 5) is 0. The third-order valence-electron chi connectivity index (χ3n) is 3.27. The first-order chi connectivity index (χ1) is 10.7. The number of benzene rings is 2. The first-order valence-corrected chi connectivity index (χ1v) is 6.92. The van der Waals surface area contributed by atoms with E-state index in [4.69, 9.17) is 9.47 Å². The molecule has 0 aliphatic heterocycles. The number of phenolic OH excluding ortho intramolecular Hbond substituents is 1. The number of hydrazone groups is 1. The van der Waals surface area contributed by atoms with Gasteiger partial charge in [0, 0.05) is 5.56 Å². The Morgan fingerprint density at radius 3 is 2.50 bits per heavy atom. The average molecular weight is 300 g/mol. The molecule has 0 saturated heterocycles. The Labute approximate surface area is 130 Å². The number of hydrogen-bond donors (Lipinski definition) is 2. The van der Waals surface area contributed by atoms with Crippen molar-refractivity contribution in [3.05, 3.63) is 53.6 Å². The molecule has 2 aromatic carbocycles. The second-order valence-electron chi connectivity index (χ2n) is 4.74. The van der Waals surface area contributed by atoms with E-state index >= 15 is 0 Å². The van der Waals surface area contributed by atoms with Gasteiger partial charge in [-0.25, -0.2) is 0 Å². The number of nitrogens with zero attached hydrogens (tertiary/aromatic N) is 1. The number of methoxy groups -OCH3 is 2. The quantitative estimate of drug-likeness (QED) is 0.636. The lowest BCUT2D eigenvalue weighted by molar-refractivity contribution is 0.354. The van der Waals surface area contributed by atoms with Gasteiger partial charge in [-0.05, 0) is 36.8 Å². The van der Waals surface area contributed by atoms with Crippen molar-refractivity contribution in [1.82, 2.24) is 5.43 Å². The van der Waals surface area contributed by atoms with E-state index in [0.29, 0.717) is 23.6 Å². The Morgan fingerprint density at radius 1 is 1.09 bits per heavy atom. The molecule has 2 N–H and O–H groups in total. The summed E-state index contributed by atoms with van der Waals surface area (Å²) in [7, 11) is 3.21. The van der Waals surface area contributed by atoms with E-state index in [2.05, 4.69) is 10.5 Å². The fourth-order valence-electron chi connectivity index (χ4n) is 2.08. The van der Waals surface area contributed by atoms with E-state index < -0.39 is 0 Å². The van der Waals surface area contributed by atoms with Crippen molar-refractivity contribution in [2.45, 2.75) is 13.5 Å². The first kappa shape index (κ1) is 15.7. The molecule has 0 atom stereocenters. The van der Waals surface area contributed by atoms with Crippen LogP contribution in [0, 0.1) is 0 Å². The molecule has 5 nitrogen and oxygen atoms in total. The predicted molar refractivity (Wildman–Crippen MR) is 86.7 cm³/mol. The fourth-order valence-corrected chi connectivity index (χ4v) is 2.08. The standard InChI is InChI=1S/C17H20N2O3/c1-12(14-6-4-5-7-15(14)20)19-18-11-13-8-9-16(21-2)17(10-13)22-3/h4-10,18,20H,11H2,1-3H3/b19-12-. The molecule has 0 saturated carbocycles. The zero-order valence-corrected chi connectivity index (χ0v) is 13.0. The van der Waals surface area contributed by atoms with Gasteiger partial charge in [0.05, 0.1) is 26.5 Å².